The molecular weight excluding hydrogens is 448 g/mol. The molecule has 3 atom stereocenters. The van der Waals surface area contributed by atoms with Crippen molar-refractivity contribution in [1.29, 1.82) is 0 Å². The molecule has 0 bridgehead atoms. The molecule has 14 heteroatoms. The van der Waals surface area contributed by atoms with Gasteiger partial charge in [-0.25, -0.2) is 0 Å². The van der Waals surface area contributed by atoms with Crippen molar-refractivity contribution in [3.05, 3.63) is 0 Å². The molecule has 0 aromatic heterocycles. The maximum atomic E-state index is 11.6. The van der Waals surface area contributed by atoms with Crippen molar-refractivity contribution >= 4 is 32.2 Å². The van der Waals surface area contributed by atoms with Crippen LogP contribution < -0.4 is 0 Å². The molecule has 12 nitrogen and oxygen atoms in total. The van der Waals surface area contributed by atoms with Crippen LogP contribution in [0.15, 0.2) is 0 Å². The average molecular weight is 477 g/mol. The fourth-order valence-electron chi connectivity index (χ4n) is 2.66. The Kier molecular flexibility index (Phi) is 9.63. The summed E-state index contributed by atoms with van der Waals surface area (Å²) in [7, 11) is -7.98. The third-order valence-electron chi connectivity index (χ3n) is 3.85. The molecule has 1 unspecified atom stereocenters. The van der Waals surface area contributed by atoms with E-state index in [1.807, 2.05) is 6.92 Å². The Labute approximate surface area is 176 Å². The second-order valence-electron chi connectivity index (χ2n) is 6.81. The smallest absolute Gasteiger partial charge is 0.305 e. The number of hydrogen-bond donors (Lipinski definition) is 0. The van der Waals surface area contributed by atoms with Crippen LogP contribution in [0.1, 0.15) is 33.6 Å². The van der Waals surface area contributed by atoms with E-state index in [-0.39, 0.29) is 6.61 Å². The van der Waals surface area contributed by atoms with Gasteiger partial charge in [0.1, 0.15) is 19.3 Å². The summed E-state index contributed by atoms with van der Waals surface area (Å²) in [6, 6.07) is 0. The molecule has 1 heterocycles. The van der Waals surface area contributed by atoms with Gasteiger partial charge in [-0.3, -0.25) is 18.0 Å². The first kappa shape index (κ1) is 26.7. The highest BCUT2D eigenvalue weighted by molar-refractivity contribution is 7.86. The van der Waals surface area contributed by atoms with Crippen molar-refractivity contribution in [2.45, 2.75) is 57.7 Å². The van der Waals surface area contributed by atoms with E-state index in [1.165, 1.54) is 0 Å². The average Bonchev–Trinajstić information content (AvgIpc) is 2.83. The zero-order valence-corrected chi connectivity index (χ0v) is 19.1. The van der Waals surface area contributed by atoms with E-state index in [2.05, 4.69) is 0 Å². The fourth-order valence-corrected chi connectivity index (χ4v) is 3.49. The summed E-state index contributed by atoms with van der Waals surface area (Å²) in [4.78, 5) is 23.1. The predicted octanol–water partition coefficient (Wildman–Crippen LogP) is -0.286. The summed E-state index contributed by atoms with van der Waals surface area (Å²) >= 11 is 0. The summed E-state index contributed by atoms with van der Waals surface area (Å²) in [5.41, 5.74) is -1.89. The molecule has 1 rings (SSSR count). The summed E-state index contributed by atoms with van der Waals surface area (Å²) < 4.78 is 77.7. The lowest BCUT2D eigenvalue weighted by Gasteiger charge is -2.33. The third kappa shape index (κ3) is 8.81. The third-order valence-corrected chi connectivity index (χ3v) is 4.94. The van der Waals surface area contributed by atoms with Gasteiger partial charge in [0.25, 0.3) is 20.2 Å². The molecule has 0 radical (unpaired) electrons. The topological polar surface area (TPSA) is 158 Å². The monoisotopic (exact) mass is 476 g/mol. The van der Waals surface area contributed by atoms with E-state index in [1.54, 1.807) is 0 Å². The number of unbranched alkanes of at least 4 members (excludes halogenated alkanes) is 1. The molecule has 30 heavy (non-hydrogen) atoms. The molecule has 0 amide bonds. The maximum Gasteiger partial charge on any atom is 0.305 e. The standard InChI is InChI=1S/C16H28O12S2/c1-6-7-8-23-14-13(26-11(2)17)15(27-12(3)18)28-16(14,9-24-29(4,19)20)10-25-30(5,21)22/h13-15H,6-10H2,1-5H3/t13?,14-,15+/m0/s1. The molecule has 1 aliphatic heterocycles. The van der Waals surface area contributed by atoms with E-state index >= 15 is 0 Å². The molecular formula is C16H28O12S2. The Morgan fingerprint density at radius 1 is 0.933 bits per heavy atom. The summed E-state index contributed by atoms with van der Waals surface area (Å²) in [6.45, 7) is 2.73. The molecule has 0 aromatic rings. The first-order valence-corrected chi connectivity index (χ1v) is 12.6. The Bertz CT molecular complexity index is 768. The van der Waals surface area contributed by atoms with Crippen molar-refractivity contribution in [2.24, 2.45) is 0 Å². The lowest BCUT2D eigenvalue weighted by molar-refractivity contribution is -0.211. The van der Waals surface area contributed by atoms with Gasteiger partial charge >= 0.3 is 11.9 Å². The van der Waals surface area contributed by atoms with E-state index in [4.69, 9.17) is 27.3 Å². The van der Waals surface area contributed by atoms with Gasteiger partial charge in [0, 0.05) is 20.5 Å². The van der Waals surface area contributed by atoms with E-state index in [9.17, 15) is 26.4 Å². The molecule has 0 spiro atoms. The lowest BCUT2D eigenvalue weighted by atomic mass is 9.96. The van der Waals surface area contributed by atoms with Gasteiger partial charge in [-0.15, -0.1) is 0 Å². The summed E-state index contributed by atoms with van der Waals surface area (Å²) in [6.07, 6.45) is -1.21. The Balaban J connectivity index is 3.40. The van der Waals surface area contributed by atoms with Crippen molar-refractivity contribution in [2.75, 3.05) is 32.3 Å². The van der Waals surface area contributed by atoms with Crippen LogP contribution >= 0.6 is 0 Å². The minimum absolute atomic E-state index is 0.134. The molecule has 0 aliphatic carbocycles. The van der Waals surface area contributed by atoms with Crippen LogP contribution in [-0.2, 0) is 57.1 Å². The highest BCUT2D eigenvalue weighted by Gasteiger charge is 2.60. The van der Waals surface area contributed by atoms with Crippen molar-refractivity contribution in [1.82, 2.24) is 0 Å². The number of esters is 2. The predicted molar refractivity (Wildman–Crippen MR) is 101 cm³/mol. The van der Waals surface area contributed by atoms with Crippen LogP contribution in [0.25, 0.3) is 0 Å². The van der Waals surface area contributed by atoms with Gasteiger partial charge in [-0.2, -0.15) is 16.8 Å². The van der Waals surface area contributed by atoms with Gasteiger partial charge in [0.05, 0.1) is 12.5 Å². The van der Waals surface area contributed by atoms with Crippen molar-refractivity contribution in [3.8, 4) is 0 Å². The number of rotatable bonds is 12. The van der Waals surface area contributed by atoms with E-state index in [0.29, 0.717) is 6.42 Å². The molecule has 0 N–H and O–H groups in total. The molecule has 176 valence electrons. The van der Waals surface area contributed by atoms with E-state index in [0.717, 1.165) is 32.8 Å². The van der Waals surface area contributed by atoms with Gasteiger partial charge in [-0.05, 0) is 6.42 Å². The highest BCUT2D eigenvalue weighted by atomic mass is 32.2. The fraction of sp³-hybridized carbons (Fsp3) is 0.875. The molecule has 1 saturated heterocycles. The van der Waals surface area contributed by atoms with Crippen LogP contribution in [-0.4, -0.2) is 85.2 Å². The van der Waals surface area contributed by atoms with Gasteiger partial charge in [0.2, 0.25) is 6.29 Å². The van der Waals surface area contributed by atoms with Gasteiger partial charge < -0.3 is 18.9 Å². The largest absolute Gasteiger partial charge is 0.453 e. The Morgan fingerprint density at radius 3 is 1.83 bits per heavy atom. The van der Waals surface area contributed by atoms with Crippen LogP contribution in [0.2, 0.25) is 0 Å². The maximum absolute atomic E-state index is 11.6. The highest BCUT2D eigenvalue weighted by Crippen LogP contribution is 2.38. The number of carbonyl (C=O) groups excluding carboxylic acids is 2. The first-order valence-electron chi connectivity index (χ1n) is 9.02. The Morgan fingerprint density at radius 2 is 1.43 bits per heavy atom. The molecule has 0 aromatic carbocycles. The zero-order valence-electron chi connectivity index (χ0n) is 17.5. The van der Waals surface area contributed by atoms with Gasteiger partial charge in [-0.1, -0.05) is 13.3 Å². The lowest BCUT2D eigenvalue weighted by Crippen LogP contribution is -2.53. The minimum atomic E-state index is -3.99. The molecule has 1 aliphatic rings. The minimum Gasteiger partial charge on any atom is -0.453 e. The quantitative estimate of drug-likeness (QED) is 0.206. The Hall–Kier alpha value is -1.32. The summed E-state index contributed by atoms with van der Waals surface area (Å²) in [5.74, 6) is -1.54. The SMILES string of the molecule is CCCCO[C@H]1C(OC(C)=O)[C@H](OC(C)=O)OC1(COS(C)(=O)=O)COS(C)(=O)=O. The first-order chi connectivity index (χ1) is 13.7. The summed E-state index contributed by atoms with van der Waals surface area (Å²) in [5, 5.41) is 0. The second kappa shape index (κ2) is 10.8. The molecule has 0 saturated carbocycles. The van der Waals surface area contributed by atoms with Crippen LogP contribution in [0.3, 0.4) is 0 Å². The van der Waals surface area contributed by atoms with Crippen molar-refractivity contribution < 1.29 is 53.7 Å². The van der Waals surface area contributed by atoms with Crippen LogP contribution in [0.5, 0.6) is 0 Å². The van der Waals surface area contributed by atoms with Gasteiger partial charge in [0.15, 0.2) is 11.7 Å². The van der Waals surface area contributed by atoms with Crippen molar-refractivity contribution in [3.63, 3.8) is 0 Å². The zero-order chi connectivity index (χ0) is 23.2. The molecule has 1 fully saturated rings. The number of ether oxygens (including phenoxy) is 4. The van der Waals surface area contributed by atoms with Crippen LogP contribution in [0, 0.1) is 0 Å². The second-order valence-corrected chi connectivity index (χ2v) is 10.1. The van der Waals surface area contributed by atoms with Crippen LogP contribution in [0.4, 0.5) is 0 Å². The normalized spacial score (nSPS) is 23.8. The number of hydrogen-bond acceptors (Lipinski definition) is 12. The van der Waals surface area contributed by atoms with E-state index < -0.39 is 69.5 Å². The number of carbonyl (C=O) groups is 2.